The Balaban J connectivity index is 1.76. The van der Waals surface area contributed by atoms with Crippen molar-refractivity contribution in [3.63, 3.8) is 0 Å². The van der Waals surface area contributed by atoms with E-state index >= 15 is 0 Å². The molecular formula is C15H25N3O2S. The van der Waals surface area contributed by atoms with Crippen molar-refractivity contribution in [1.29, 1.82) is 0 Å². The average Bonchev–Trinajstić information content (AvgIpc) is 2.77. The number of aliphatic hydroxyl groups excluding tert-OH is 1. The van der Waals surface area contributed by atoms with Crippen LogP contribution in [0.1, 0.15) is 35.3 Å². The van der Waals surface area contributed by atoms with Gasteiger partial charge in [-0.25, -0.2) is 9.78 Å². The topological polar surface area (TPSA) is 65.5 Å². The summed E-state index contributed by atoms with van der Waals surface area (Å²) in [5, 5.41) is 13.7. The quantitative estimate of drug-likeness (QED) is 0.895. The van der Waals surface area contributed by atoms with Crippen LogP contribution in [0, 0.1) is 19.8 Å². The maximum Gasteiger partial charge on any atom is 0.317 e. The highest BCUT2D eigenvalue weighted by Crippen LogP contribution is 2.20. The third-order valence-electron chi connectivity index (χ3n) is 4.12. The van der Waals surface area contributed by atoms with E-state index in [0.29, 0.717) is 13.1 Å². The molecule has 0 aromatic carbocycles. The smallest absolute Gasteiger partial charge is 0.317 e. The van der Waals surface area contributed by atoms with E-state index in [0.717, 1.165) is 36.5 Å². The zero-order valence-corrected chi connectivity index (χ0v) is 13.9. The molecule has 2 heterocycles. The van der Waals surface area contributed by atoms with Crippen molar-refractivity contribution in [2.24, 2.45) is 5.92 Å². The molecule has 0 aliphatic carbocycles. The summed E-state index contributed by atoms with van der Waals surface area (Å²) in [7, 11) is 0. The van der Waals surface area contributed by atoms with Gasteiger partial charge in [-0.15, -0.1) is 11.3 Å². The van der Waals surface area contributed by atoms with Crippen LogP contribution in [-0.4, -0.2) is 46.8 Å². The first kappa shape index (κ1) is 16.2. The summed E-state index contributed by atoms with van der Waals surface area (Å²) in [5.41, 5.74) is 1.08. The van der Waals surface area contributed by atoms with Crippen molar-refractivity contribution in [2.45, 2.75) is 46.1 Å². The number of hydrogen-bond acceptors (Lipinski definition) is 4. The molecule has 2 unspecified atom stereocenters. The average molecular weight is 311 g/mol. The van der Waals surface area contributed by atoms with E-state index < -0.39 is 0 Å². The van der Waals surface area contributed by atoms with Crippen molar-refractivity contribution in [2.75, 3.05) is 19.6 Å². The number of carbonyl (C=O) groups excluding carboxylic acids is 1. The zero-order valence-electron chi connectivity index (χ0n) is 13.1. The Morgan fingerprint density at radius 3 is 2.95 bits per heavy atom. The van der Waals surface area contributed by atoms with Gasteiger partial charge in [0.1, 0.15) is 0 Å². The number of hydrogen-bond donors (Lipinski definition) is 2. The summed E-state index contributed by atoms with van der Waals surface area (Å²) in [6, 6.07) is -0.0228. The number of thiazole rings is 1. The van der Waals surface area contributed by atoms with Crippen LogP contribution < -0.4 is 5.32 Å². The largest absolute Gasteiger partial charge is 0.393 e. The van der Waals surface area contributed by atoms with E-state index in [1.807, 2.05) is 11.8 Å². The van der Waals surface area contributed by atoms with Crippen LogP contribution in [0.2, 0.25) is 0 Å². The molecule has 1 aliphatic rings. The lowest BCUT2D eigenvalue weighted by atomic mass is 9.94. The van der Waals surface area contributed by atoms with Crippen LogP contribution in [0.25, 0.3) is 0 Å². The first-order chi connectivity index (χ1) is 9.97. The van der Waals surface area contributed by atoms with E-state index in [2.05, 4.69) is 17.2 Å². The lowest BCUT2D eigenvalue weighted by molar-refractivity contribution is 0.0740. The number of aromatic nitrogens is 1. The van der Waals surface area contributed by atoms with Gasteiger partial charge in [0, 0.05) is 36.9 Å². The second kappa shape index (κ2) is 7.22. The van der Waals surface area contributed by atoms with E-state index in [4.69, 9.17) is 0 Å². The number of nitrogens with one attached hydrogen (secondary N) is 1. The molecule has 21 heavy (non-hydrogen) atoms. The van der Waals surface area contributed by atoms with E-state index in [1.54, 1.807) is 18.3 Å². The van der Waals surface area contributed by atoms with Crippen molar-refractivity contribution < 1.29 is 9.90 Å². The third kappa shape index (κ3) is 4.41. The summed E-state index contributed by atoms with van der Waals surface area (Å²) in [6.45, 7) is 7.93. The van der Waals surface area contributed by atoms with Gasteiger partial charge in [-0.2, -0.15) is 0 Å². The lowest BCUT2D eigenvalue weighted by Gasteiger charge is -2.34. The molecule has 2 rings (SSSR count). The first-order valence-electron chi connectivity index (χ1n) is 7.61. The van der Waals surface area contributed by atoms with Crippen LogP contribution in [0.3, 0.4) is 0 Å². The summed E-state index contributed by atoms with van der Waals surface area (Å²) in [5.74, 6) is 0.203. The molecule has 0 radical (unpaired) electrons. The van der Waals surface area contributed by atoms with Crippen molar-refractivity contribution in [3.05, 3.63) is 15.6 Å². The standard InChI is InChI=1S/C15H25N3O2S/c1-10-12(3)21-14(17-10)6-7-16-15(20)18-8-4-5-13(9-18)11(2)19/h11,13,19H,4-9H2,1-3H3,(H,16,20). The van der Waals surface area contributed by atoms with Gasteiger partial charge in [0.15, 0.2) is 0 Å². The molecule has 0 saturated carbocycles. The Morgan fingerprint density at radius 1 is 1.57 bits per heavy atom. The zero-order chi connectivity index (χ0) is 15.4. The molecule has 1 aromatic heterocycles. The van der Waals surface area contributed by atoms with Gasteiger partial charge >= 0.3 is 6.03 Å². The Bertz CT molecular complexity index is 468. The normalized spacial score (nSPS) is 20.4. The number of rotatable bonds is 4. The fourth-order valence-electron chi connectivity index (χ4n) is 2.62. The monoisotopic (exact) mass is 311 g/mol. The van der Waals surface area contributed by atoms with Crippen LogP contribution in [-0.2, 0) is 6.42 Å². The molecular weight excluding hydrogens is 286 g/mol. The predicted molar refractivity (Wildman–Crippen MR) is 84.7 cm³/mol. The van der Waals surface area contributed by atoms with Gasteiger partial charge in [-0.3, -0.25) is 0 Å². The fraction of sp³-hybridized carbons (Fsp3) is 0.733. The summed E-state index contributed by atoms with van der Waals surface area (Å²) >= 11 is 1.70. The van der Waals surface area contributed by atoms with Gasteiger partial charge in [0.05, 0.1) is 16.8 Å². The minimum atomic E-state index is -0.345. The number of amides is 2. The van der Waals surface area contributed by atoms with Crippen LogP contribution in [0.15, 0.2) is 0 Å². The number of piperidine rings is 1. The minimum Gasteiger partial charge on any atom is -0.393 e. The number of aryl methyl sites for hydroxylation is 2. The SMILES string of the molecule is Cc1nc(CCNC(=O)N2CCCC(C(C)O)C2)sc1C. The van der Waals surface area contributed by atoms with Crippen LogP contribution in [0.5, 0.6) is 0 Å². The van der Waals surface area contributed by atoms with Crippen LogP contribution >= 0.6 is 11.3 Å². The molecule has 0 bridgehead atoms. The summed E-state index contributed by atoms with van der Waals surface area (Å²) < 4.78 is 0. The molecule has 2 atom stereocenters. The summed E-state index contributed by atoms with van der Waals surface area (Å²) in [4.78, 5) is 19.7. The van der Waals surface area contributed by atoms with E-state index in [-0.39, 0.29) is 18.1 Å². The Morgan fingerprint density at radius 2 is 2.33 bits per heavy atom. The van der Waals surface area contributed by atoms with Gasteiger partial charge in [0.25, 0.3) is 0 Å². The molecule has 2 amide bonds. The number of carbonyl (C=O) groups is 1. The lowest BCUT2D eigenvalue weighted by Crippen LogP contribution is -2.47. The molecule has 5 nitrogen and oxygen atoms in total. The fourth-order valence-corrected chi connectivity index (χ4v) is 3.56. The van der Waals surface area contributed by atoms with Gasteiger partial charge in [-0.1, -0.05) is 0 Å². The third-order valence-corrected chi connectivity index (χ3v) is 5.25. The second-order valence-electron chi connectivity index (χ2n) is 5.82. The van der Waals surface area contributed by atoms with Crippen molar-refractivity contribution in [1.82, 2.24) is 15.2 Å². The van der Waals surface area contributed by atoms with E-state index in [1.165, 1.54) is 4.88 Å². The molecule has 6 heteroatoms. The maximum atomic E-state index is 12.1. The van der Waals surface area contributed by atoms with E-state index in [9.17, 15) is 9.90 Å². The minimum absolute atomic E-state index is 0.0228. The number of nitrogens with zero attached hydrogens (tertiary/aromatic N) is 2. The molecule has 118 valence electrons. The summed E-state index contributed by atoms with van der Waals surface area (Å²) in [6.07, 6.45) is 2.40. The number of aliphatic hydroxyl groups is 1. The highest BCUT2D eigenvalue weighted by molar-refractivity contribution is 7.11. The van der Waals surface area contributed by atoms with Crippen molar-refractivity contribution >= 4 is 17.4 Å². The van der Waals surface area contributed by atoms with Gasteiger partial charge < -0.3 is 15.3 Å². The molecule has 0 spiro atoms. The molecule has 1 saturated heterocycles. The van der Waals surface area contributed by atoms with Crippen LogP contribution in [0.4, 0.5) is 4.79 Å². The Hall–Kier alpha value is -1.14. The molecule has 1 aliphatic heterocycles. The van der Waals surface area contributed by atoms with Crippen molar-refractivity contribution in [3.8, 4) is 0 Å². The highest BCUT2D eigenvalue weighted by atomic mass is 32.1. The van der Waals surface area contributed by atoms with Gasteiger partial charge in [-0.05, 0) is 33.6 Å². The Labute approximate surface area is 130 Å². The number of urea groups is 1. The first-order valence-corrected chi connectivity index (χ1v) is 8.42. The second-order valence-corrected chi connectivity index (χ2v) is 7.11. The maximum absolute atomic E-state index is 12.1. The molecule has 1 fully saturated rings. The molecule has 2 N–H and O–H groups in total. The number of likely N-dealkylation sites (tertiary alicyclic amines) is 1. The predicted octanol–water partition coefficient (Wildman–Crippen LogP) is 2.10. The Kier molecular flexibility index (Phi) is 5.58. The highest BCUT2D eigenvalue weighted by Gasteiger charge is 2.26. The van der Waals surface area contributed by atoms with Gasteiger partial charge in [0.2, 0.25) is 0 Å². The molecule has 1 aromatic rings.